The molecule has 5 heteroatoms. The van der Waals surface area contributed by atoms with Gasteiger partial charge in [0.15, 0.2) is 0 Å². The molecule has 1 aromatic rings. The summed E-state index contributed by atoms with van der Waals surface area (Å²) in [4.78, 5) is 0. The molecule has 0 atom stereocenters. The van der Waals surface area contributed by atoms with Crippen LogP contribution in [0.4, 0.5) is 0 Å². The summed E-state index contributed by atoms with van der Waals surface area (Å²) in [5.74, 6) is 0. The Morgan fingerprint density at radius 3 is 0.735 bits per heavy atom. The minimum absolute atomic E-state index is 0. The van der Waals surface area contributed by atoms with Gasteiger partial charge in [-0.3, -0.25) is 0 Å². The normalized spacial score (nSPS) is 23.8. The van der Waals surface area contributed by atoms with Crippen LogP contribution in [0.15, 0.2) is 36.9 Å². The van der Waals surface area contributed by atoms with E-state index in [0.717, 1.165) is 0 Å². The first-order valence-electron chi connectivity index (χ1n) is 21.1. The molecular formula is C44H74Cl2P2Ru. The molecule has 6 aliphatic carbocycles. The Morgan fingerprint density at radius 2 is 0.571 bits per heavy atom. The van der Waals surface area contributed by atoms with Gasteiger partial charge in [-0.05, 0) is 117 Å². The third-order valence-corrected chi connectivity index (χ3v) is 21.2. The van der Waals surface area contributed by atoms with Gasteiger partial charge < -0.3 is 24.8 Å². The van der Waals surface area contributed by atoms with Gasteiger partial charge in [0.25, 0.3) is 0 Å². The molecule has 0 nitrogen and oxygen atoms in total. The minimum Gasteiger partial charge on any atom is -1.00 e. The number of benzene rings is 1. The Kier molecular flexibility index (Phi) is 26.0. The second-order valence-corrected chi connectivity index (χ2v) is 22.4. The fraction of sp³-hybridized carbons (Fsp3) is 0.818. The average molecular weight is 837 g/mol. The van der Waals surface area contributed by atoms with Gasteiger partial charge in [0, 0.05) is 0 Å². The maximum atomic E-state index is 3.63. The first-order chi connectivity index (χ1) is 22.8. The van der Waals surface area contributed by atoms with Crippen LogP contribution < -0.4 is 24.8 Å². The van der Waals surface area contributed by atoms with E-state index in [9.17, 15) is 0 Å². The van der Waals surface area contributed by atoms with Gasteiger partial charge in [0.1, 0.15) is 0 Å². The van der Waals surface area contributed by atoms with E-state index in [2.05, 4.69) is 6.58 Å². The summed E-state index contributed by atoms with van der Waals surface area (Å²) in [6, 6.07) is 10.0. The van der Waals surface area contributed by atoms with Crippen molar-refractivity contribution in [2.75, 3.05) is 0 Å². The van der Waals surface area contributed by atoms with Crippen LogP contribution in [0.25, 0.3) is 6.08 Å². The fourth-order valence-corrected chi connectivity index (χ4v) is 20.0. The van der Waals surface area contributed by atoms with Gasteiger partial charge in [-0.25, -0.2) is 0 Å². The fourth-order valence-electron chi connectivity index (χ4n) is 10.7. The van der Waals surface area contributed by atoms with Crippen molar-refractivity contribution in [1.82, 2.24) is 0 Å². The number of hydrogen-bond acceptors (Lipinski definition) is 0. The number of hydrogen-bond donors (Lipinski definition) is 0. The van der Waals surface area contributed by atoms with E-state index in [1.165, 1.54) is 78.0 Å². The van der Waals surface area contributed by atoms with Crippen molar-refractivity contribution in [2.24, 2.45) is 0 Å². The van der Waals surface area contributed by atoms with E-state index in [1.807, 2.05) is 36.4 Å². The van der Waals surface area contributed by atoms with Gasteiger partial charge in [0.2, 0.25) is 0 Å². The van der Waals surface area contributed by atoms with Gasteiger partial charge >= 0.3 is 19.5 Å². The van der Waals surface area contributed by atoms with E-state index in [0.29, 0.717) is 15.8 Å². The molecule has 6 fully saturated rings. The Hall–Kier alpha value is 1.02. The molecule has 49 heavy (non-hydrogen) atoms. The first-order valence-corrected chi connectivity index (χ1v) is 24.2. The minimum atomic E-state index is 0. The van der Waals surface area contributed by atoms with Crippen molar-refractivity contribution < 1.29 is 44.3 Å². The second-order valence-electron chi connectivity index (χ2n) is 16.3. The zero-order chi connectivity index (χ0) is 31.7. The molecule has 0 unspecified atom stereocenters. The van der Waals surface area contributed by atoms with Crippen molar-refractivity contribution in [3.05, 3.63) is 42.5 Å². The van der Waals surface area contributed by atoms with E-state index in [4.69, 9.17) is 0 Å². The van der Waals surface area contributed by atoms with Crippen LogP contribution >= 0.6 is 15.8 Å². The molecule has 6 saturated carbocycles. The number of halogens is 2. The SMILES string of the molecule is C1CCC(P(C2CCCCC2)C2CCCCC2)CC1.C1CCC(P(C2CCCCC2)C2CCCCC2)CC1.C=Cc1ccccc1.[Cl-].[Cl-].[Ru+2]. The van der Waals surface area contributed by atoms with Crippen LogP contribution in [0.2, 0.25) is 0 Å². The topological polar surface area (TPSA) is 0 Å². The Balaban J connectivity index is 0.000000266. The van der Waals surface area contributed by atoms with Crippen LogP contribution in [0, 0.1) is 0 Å². The van der Waals surface area contributed by atoms with Crippen molar-refractivity contribution in [1.29, 1.82) is 0 Å². The second kappa shape index (κ2) is 27.6. The summed E-state index contributed by atoms with van der Waals surface area (Å²) in [6.07, 6.45) is 49.1. The van der Waals surface area contributed by atoms with Crippen molar-refractivity contribution in [3.8, 4) is 0 Å². The molecule has 0 spiro atoms. The summed E-state index contributed by atoms with van der Waals surface area (Å²) >= 11 is 0. The molecule has 1 aromatic carbocycles. The van der Waals surface area contributed by atoms with E-state index >= 15 is 0 Å². The maximum Gasteiger partial charge on any atom is 2.00 e. The third-order valence-electron chi connectivity index (χ3n) is 13.0. The van der Waals surface area contributed by atoms with Crippen LogP contribution in [-0.4, -0.2) is 34.0 Å². The number of rotatable bonds is 7. The van der Waals surface area contributed by atoms with Gasteiger partial charge in [-0.2, -0.15) is 0 Å². The molecule has 0 radical (unpaired) electrons. The largest absolute Gasteiger partial charge is 2.00 e. The molecule has 7 rings (SSSR count). The summed E-state index contributed by atoms with van der Waals surface area (Å²) in [7, 11) is 0.770. The molecule has 0 aromatic heterocycles. The molecule has 0 amide bonds. The standard InChI is InChI=1S/2C18H33P.C8H8.2ClH.Ru/c2*1-4-10-16(11-5-1)19(17-12-6-2-7-13-17)18-14-8-3-9-15-18;1-2-8-6-4-3-5-7-8;;;/h2*16-18H,1-15H2;2-7H,1H2;2*1H;/q;;;;;+2/p-2. The van der Waals surface area contributed by atoms with E-state index < -0.39 is 0 Å². The van der Waals surface area contributed by atoms with Crippen LogP contribution in [-0.2, 0) is 19.5 Å². The van der Waals surface area contributed by atoms with E-state index in [-0.39, 0.29) is 44.3 Å². The van der Waals surface area contributed by atoms with Crippen molar-refractivity contribution >= 4 is 21.9 Å². The monoisotopic (exact) mass is 836 g/mol. The average Bonchev–Trinajstić information content (AvgIpc) is 3.15. The predicted molar refractivity (Wildman–Crippen MR) is 212 cm³/mol. The van der Waals surface area contributed by atoms with Gasteiger partial charge in [-0.15, -0.1) is 0 Å². The molecular weight excluding hydrogens is 762 g/mol. The predicted octanol–water partition coefficient (Wildman–Crippen LogP) is 9.27. The summed E-state index contributed by atoms with van der Waals surface area (Å²) in [6.45, 7) is 3.63. The zero-order valence-electron chi connectivity index (χ0n) is 31.4. The molecule has 0 aliphatic heterocycles. The quantitative estimate of drug-likeness (QED) is 0.190. The molecule has 0 bridgehead atoms. The Morgan fingerprint density at radius 1 is 0.367 bits per heavy atom. The molecule has 0 heterocycles. The van der Waals surface area contributed by atoms with Crippen LogP contribution in [0.5, 0.6) is 0 Å². The van der Waals surface area contributed by atoms with Crippen molar-refractivity contribution in [2.45, 2.75) is 227 Å². The maximum absolute atomic E-state index is 3.63. The van der Waals surface area contributed by atoms with Crippen LogP contribution in [0.3, 0.4) is 0 Å². The summed E-state index contributed by atoms with van der Waals surface area (Å²) in [5, 5.41) is 0. The molecule has 0 N–H and O–H groups in total. The van der Waals surface area contributed by atoms with Gasteiger partial charge in [-0.1, -0.05) is 174 Å². The smallest absolute Gasteiger partial charge is 1.00 e. The summed E-state index contributed by atoms with van der Waals surface area (Å²) < 4.78 is 0. The van der Waals surface area contributed by atoms with Crippen molar-refractivity contribution in [3.63, 3.8) is 0 Å². The molecule has 282 valence electrons. The first kappa shape index (κ1) is 46.2. The third kappa shape index (κ3) is 15.7. The molecule has 0 saturated heterocycles. The summed E-state index contributed by atoms with van der Waals surface area (Å²) in [5.41, 5.74) is 8.31. The Bertz CT molecular complexity index is 771. The molecule has 6 aliphatic rings. The zero-order valence-corrected chi connectivity index (χ0v) is 36.4. The van der Waals surface area contributed by atoms with Crippen LogP contribution in [0.1, 0.15) is 198 Å². The van der Waals surface area contributed by atoms with Gasteiger partial charge in [0.05, 0.1) is 0 Å². The van der Waals surface area contributed by atoms with E-state index in [1.54, 1.807) is 154 Å². The Labute approximate surface area is 333 Å².